The molecule has 0 saturated carbocycles. The quantitative estimate of drug-likeness (QED) is 0.161. The number of hydrogen-bond acceptors (Lipinski definition) is 4. The molecule has 0 unspecified atom stereocenters. The van der Waals surface area contributed by atoms with Gasteiger partial charge in [0, 0.05) is 33.0 Å². The Kier molecular flexibility index (Phi) is 8.98. The van der Waals surface area contributed by atoms with Gasteiger partial charge in [0.15, 0.2) is 0 Å². The van der Waals surface area contributed by atoms with Gasteiger partial charge in [-0.3, -0.25) is 0 Å². The van der Waals surface area contributed by atoms with E-state index in [1.807, 2.05) is 6.07 Å². The standard InChI is InChI=1S/C60H41N3O/c1-37-35-50-44-27-13-12-25-42(44)36-51(50)54(38(37)2)58-59(41-23-10-5-11-24-41)61-63-62-60(58)56-45(40-21-8-4-9-22-40)30-18-31-49(56)55-47(33-34-53-57(55)48-29-16-17-32-52(48)64-53)46-28-15-14-26-43(46)39-19-6-3-7-20-39/h3-35H,36H2,1-2H3. The average molecular weight is 820 g/mol. The third kappa shape index (κ3) is 6.02. The molecule has 4 nitrogen and oxygen atoms in total. The molecule has 12 rings (SSSR count). The Hall–Kier alpha value is -8.21. The van der Waals surface area contributed by atoms with Gasteiger partial charge in [0.05, 0.1) is 0 Å². The Morgan fingerprint density at radius 1 is 0.391 bits per heavy atom. The smallest absolute Gasteiger partial charge is 0.136 e. The number of para-hydroxylation sites is 1. The molecule has 0 amide bonds. The molecule has 0 fully saturated rings. The van der Waals surface area contributed by atoms with E-state index in [-0.39, 0.29) is 0 Å². The second-order valence-electron chi connectivity index (χ2n) is 16.7. The minimum atomic E-state index is 0.780. The molecular weight excluding hydrogens is 779 g/mol. The highest BCUT2D eigenvalue weighted by molar-refractivity contribution is 6.19. The number of furan rings is 1. The maximum Gasteiger partial charge on any atom is 0.136 e. The van der Waals surface area contributed by atoms with Gasteiger partial charge in [-0.05, 0) is 122 Å². The van der Waals surface area contributed by atoms with Gasteiger partial charge >= 0.3 is 0 Å². The Balaban J connectivity index is 1.26. The zero-order valence-electron chi connectivity index (χ0n) is 35.5. The van der Waals surface area contributed by atoms with E-state index >= 15 is 0 Å². The van der Waals surface area contributed by atoms with Crippen LogP contribution in [0, 0.1) is 13.8 Å². The Bertz CT molecular complexity index is 3590. The third-order valence-corrected chi connectivity index (χ3v) is 13.2. The van der Waals surface area contributed by atoms with Crippen molar-refractivity contribution in [2.24, 2.45) is 0 Å². The number of benzene rings is 9. The van der Waals surface area contributed by atoms with Crippen molar-refractivity contribution in [3.63, 3.8) is 0 Å². The monoisotopic (exact) mass is 819 g/mol. The molecule has 0 saturated heterocycles. The van der Waals surface area contributed by atoms with E-state index in [1.54, 1.807) is 0 Å². The summed E-state index contributed by atoms with van der Waals surface area (Å²) in [4.78, 5) is 0. The summed E-state index contributed by atoms with van der Waals surface area (Å²) >= 11 is 0. The lowest BCUT2D eigenvalue weighted by Crippen LogP contribution is -2.06. The summed E-state index contributed by atoms with van der Waals surface area (Å²) < 4.78 is 6.72. The molecule has 0 atom stereocenters. The molecule has 302 valence electrons. The summed E-state index contributed by atoms with van der Waals surface area (Å²) in [5.41, 5.74) is 23.7. The normalized spacial score (nSPS) is 11.8. The zero-order valence-corrected chi connectivity index (χ0v) is 35.5. The maximum absolute atomic E-state index is 6.72. The molecule has 2 aromatic heterocycles. The van der Waals surface area contributed by atoms with E-state index in [0.717, 1.165) is 107 Å². The van der Waals surface area contributed by atoms with Crippen LogP contribution in [0.2, 0.25) is 0 Å². The first-order valence-electron chi connectivity index (χ1n) is 21.9. The molecule has 1 aliphatic rings. The van der Waals surface area contributed by atoms with Crippen LogP contribution in [0.3, 0.4) is 0 Å². The fourth-order valence-electron chi connectivity index (χ4n) is 10.2. The Morgan fingerprint density at radius 2 is 0.984 bits per heavy atom. The lowest BCUT2D eigenvalue weighted by Gasteiger charge is -2.24. The van der Waals surface area contributed by atoms with Crippen molar-refractivity contribution in [2.45, 2.75) is 20.3 Å². The predicted molar refractivity (Wildman–Crippen MR) is 263 cm³/mol. The largest absolute Gasteiger partial charge is 0.456 e. The van der Waals surface area contributed by atoms with Crippen molar-refractivity contribution in [1.29, 1.82) is 0 Å². The van der Waals surface area contributed by atoms with Gasteiger partial charge in [-0.1, -0.05) is 182 Å². The molecule has 4 heteroatoms. The van der Waals surface area contributed by atoms with Crippen LogP contribution in [0.15, 0.2) is 205 Å². The Labute approximate surface area is 372 Å². The molecule has 9 aromatic carbocycles. The first-order chi connectivity index (χ1) is 31.6. The highest BCUT2D eigenvalue weighted by Crippen LogP contribution is 2.53. The summed E-state index contributed by atoms with van der Waals surface area (Å²) in [5.74, 6) is 0. The van der Waals surface area contributed by atoms with Crippen molar-refractivity contribution in [1.82, 2.24) is 15.4 Å². The van der Waals surface area contributed by atoms with Gasteiger partial charge in [-0.15, -0.1) is 10.2 Å². The summed E-state index contributed by atoms with van der Waals surface area (Å²) in [7, 11) is 0. The van der Waals surface area contributed by atoms with Crippen LogP contribution >= 0.6 is 0 Å². The second-order valence-corrected chi connectivity index (χ2v) is 16.7. The molecule has 2 heterocycles. The van der Waals surface area contributed by atoms with Crippen molar-refractivity contribution in [3.05, 3.63) is 222 Å². The topological polar surface area (TPSA) is 51.8 Å². The summed E-state index contributed by atoms with van der Waals surface area (Å²) in [6.45, 7) is 4.49. The van der Waals surface area contributed by atoms with E-state index in [0.29, 0.717) is 0 Å². The van der Waals surface area contributed by atoms with Gasteiger partial charge in [-0.25, -0.2) is 0 Å². The summed E-state index contributed by atoms with van der Waals surface area (Å²) in [6, 6.07) is 71.2. The van der Waals surface area contributed by atoms with Crippen molar-refractivity contribution in [2.75, 3.05) is 0 Å². The van der Waals surface area contributed by atoms with Gasteiger partial charge in [-0.2, -0.15) is 0 Å². The highest BCUT2D eigenvalue weighted by atomic mass is 16.3. The van der Waals surface area contributed by atoms with Crippen LogP contribution in [0.5, 0.6) is 0 Å². The minimum absolute atomic E-state index is 0.780. The molecular formula is C60H41N3O. The molecule has 0 bridgehead atoms. The SMILES string of the molecule is Cc1cc2c(c(-c3c(-c4ccccc4)nnnc3-c3c(-c4ccccc4)cccc3-c3c(-c4ccccc4-c4ccccc4)ccc4oc5ccccc5c34)c1C)Cc1ccccc1-2. The molecule has 0 spiro atoms. The number of aryl methyl sites for hydroxylation is 1. The van der Waals surface area contributed by atoms with Crippen molar-refractivity contribution >= 4 is 21.9 Å². The van der Waals surface area contributed by atoms with Gasteiger partial charge < -0.3 is 4.42 Å². The minimum Gasteiger partial charge on any atom is -0.456 e. The molecule has 0 N–H and O–H groups in total. The van der Waals surface area contributed by atoms with Crippen molar-refractivity contribution < 1.29 is 4.42 Å². The molecule has 0 radical (unpaired) electrons. The van der Waals surface area contributed by atoms with Gasteiger partial charge in [0.1, 0.15) is 22.6 Å². The fraction of sp³-hybridized carbons (Fsp3) is 0.0500. The number of rotatable bonds is 7. The Morgan fingerprint density at radius 3 is 1.75 bits per heavy atom. The molecule has 64 heavy (non-hydrogen) atoms. The van der Waals surface area contributed by atoms with Crippen LogP contribution in [0.1, 0.15) is 22.3 Å². The lowest BCUT2D eigenvalue weighted by molar-refractivity contribution is 0.669. The van der Waals surface area contributed by atoms with Gasteiger partial charge in [0.2, 0.25) is 0 Å². The van der Waals surface area contributed by atoms with Crippen LogP contribution in [0.25, 0.3) is 111 Å². The van der Waals surface area contributed by atoms with E-state index in [2.05, 4.69) is 208 Å². The van der Waals surface area contributed by atoms with E-state index in [4.69, 9.17) is 19.8 Å². The fourth-order valence-corrected chi connectivity index (χ4v) is 10.2. The van der Waals surface area contributed by atoms with Crippen LogP contribution in [-0.4, -0.2) is 15.4 Å². The predicted octanol–water partition coefficient (Wildman–Crippen LogP) is 15.6. The van der Waals surface area contributed by atoms with Crippen LogP contribution in [-0.2, 0) is 6.42 Å². The maximum atomic E-state index is 6.72. The number of aromatic nitrogens is 3. The van der Waals surface area contributed by atoms with E-state index < -0.39 is 0 Å². The lowest BCUT2D eigenvalue weighted by atomic mass is 9.80. The van der Waals surface area contributed by atoms with Crippen LogP contribution < -0.4 is 0 Å². The first kappa shape index (κ1) is 37.5. The van der Waals surface area contributed by atoms with Crippen molar-refractivity contribution in [3.8, 4) is 89.3 Å². The molecule has 11 aromatic rings. The number of fused-ring (bicyclic) bond motifs is 6. The molecule has 0 aliphatic heterocycles. The average Bonchev–Trinajstić information content (AvgIpc) is 3.93. The molecule has 1 aliphatic carbocycles. The zero-order chi connectivity index (χ0) is 42.7. The summed E-state index contributed by atoms with van der Waals surface area (Å²) in [6.07, 6.45) is 0.811. The van der Waals surface area contributed by atoms with E-state index in [1.165, 1.54) is 33.4 Å². The van der Waals surface area contributed by atoms with Crippen LogP contribution in [0.4, 0.5) is 0 Å². The second kappa shape index (κ2) is 15.3. The van der Waals surface area contributed by atoms with Gasteiger partial charge in [0.25, 0.3) is 0 Å². The van der Waals surface area contributed by atoms with E-state index in [9.17, 15) is 0 Å². The third-order valence-electron chi connectivity index (χ3n) is 13.2. The summed E-state index contributed by atoms with van der Waals surface area (Å²) in [5, 5.41) is 17.0. The number of nitrogens with zero attached hydrogens (tertiary/aromatic N) is 3. The number of hydrogen-bond donors (Lipinski definition) is 0. The highest BCUT2D eigenvalue weighted by Gasteiger charge is 2.32. The first-order valence-corrected chi connectivity index (χ1v) is 21.9.